The van der Waals surface area contributed by atoms with Crippen LogP contribution in [0.2, 0.25) is 0 Å². The Kier molecular flexibility index (Phi) is 6.06. The maximum Gasteiger partial charge on any atom is 0.270 e. The van der Waals surface area contributed by atoms with Crippen LogP contribution in [0.15, 0.2) is 22.4 Å². The molecule has 0 N–H and O–H groups in total. The van der Waals surface area contributed by atoms with Crippen LogP contribution in [-0.2, 0) is 11.8 Å². The van der Waals surface area contributed by atoms with Crippen LogP contribution in [-0.4, -0.2) is 39.3 Å². The van der Waals surface area contributed by atoms with Crippen molar-refractivity contribution in [1.29, 1.82) is 5.26 Å². The lowest BCUT2D eigenvalue weighted by atomic mass is 10.0. The first-order valence-electron chi connectivity index (χ1n) is 9.15. The second kappa shape index (κ2) is 8.33. The van der Waals surface area contributed by atoms with E-state index in [0.717, 1.165) is 43.7 Å². The van der Waals surface area contributed by atoms with Crippen molar-refractivity contribution in [3.63, 3.8) is 0 Å². The maximum absolute atomic E-state index is 12.8. The molecule has 0 spiro atoms. The Bertz CT molecular complexity index is 981. The summed E-state index contributed by atoms with van der Waals surface area (Å²) < 4.78 is 2.02. The highest BCUT2D eigenvalue weighted by Crippen LogP contribution is 2.36. The molecule has 0 aliphatic carbocycles. The number of carbonyl (C=O) groups is 1. The number of piperidine rings is 1. The van der Waals surface area contributed by atoms with Gasteiger partial charge in [-0.2, -0.15) is 5.26 Å². The number of thiocarbonyl (C=S) groups is 1. The number of amides is 1. The van der Waals surface area contributed by atoms with Crippen LogP contribution in [0.3, 0.4) is 0 Å². The Hall–Kier alpha value is -2.37. The smallest absolute Gasteiger partial charge is 0.270 e. The van der Waals surface area contributed by atoms with Crippen molar-refractivity contribution in [2.75, 3.05) is 24.5 Å². The van der Waals surface area contributed by atoms with Crippen molar-refractivity contribution >= 4 is 46.1 Å². The van der Waals surface area contributed by atoms with Gasteiger partial charge in [0.1, 0.15) is 21.8 Å². The van der Waals surface area contributed by atoms with Crippen LogP contribution in [0.5, 0.6) is 0 Å². The van der Waals surface area contributed by atoms with Gasteiger partial charge in [0.15, 0.2) is 0 Å². The summed E-state index contributed by atoms with van der Waals surface area (Å²) in [5.74, 6) is 0.585. The molecule has 3 rings (SSSR count). The molecular weight excluding hydrogens is 392 g/mol. The average Bonchev–Trinajstić information content (AvgIpc) is 2.95. The molecule has 1 aromatic rings. The molecule has 2 aliphatic rings. The van der Waals surface area contributed by atoms with Crippen LogP contribution in [0.4, 0.5) is 5.82 Å². The third-order valence-electron chi connectivity index (χ3n) is 5.08. The summed E-state index contributed by atoms with van der Waals surface area (Å²) in [6.45, 7) is 7.49. The van der Waals surface area contributed by atoms with Gasteiger partial charge in [0.25, 0.3) is 11.5 Å². The van der Waals surface area contributed by atoms with E-state index in [1.807, 2.05) is 6.07 Å². The van der Waals surface area contributed by atoms with Gasteiger partial charge in [-0.05, 0) is 37.8 Å². The van der Waals surface area contributed by atoms with Crippen LogP contribution < -0.4 is 10.5 Å². The van der Waals surface area contributed by atoms with Gasteiger partial charge in [-0.15, -0.1) is 6.58 Å². The van der Waals surface area contributed by atoms with E-state index in [9.17, 15) is 14.9 Å². The standard InChI is InChI=1S/C20H22N4O2S2/c1-4-8-24-19(26)16(28-20(24)27)11-14-13(2)15(12-21)18(25)22(3)17(14)23-9-6-5-7-10-23/h4,11H,1,5-10H2,2-3H3/b16-11-. The first-order valence-corrected chi connectivity index (χ1v) is 10.4. The zero-order valence-corrected chi connectivity index (χ0v) is 17.7. The van der Waals surface area contributed by atoms with Crippen molar-refractivity contribution in [2.24, 2.45) is 7.05 Å². The Morgan fingerprint density at radius 3 is 2.57 bits per heavy atom. The highest BCUT2D eigenvalue weighted by atomic mass is 32.2. The Balaban J connectivity index is 2.19. The molecule has 1 amide bonds. The second-order valence-electron chi connectivity index (χ2n) is 6.84. The number of hydrogen-bond donors (Lipinski definition) is 0. The lowest BCUT2D eigenvalue weighted by Crippen LogP contribution is -2.36. The van der Waals surface area contributed by atoms with Crippen LogP contribution >= 0.6 is 24.0 Å². The van der Waals surface area contributed by atoms with E-state index in [2.05, 4.69) is 11.5 Å². The second-order valence-corrected chi connectivity index (χ2v) is 8.52. The predicted octanol–water partition coefficient (Wildman–Crippen LogP) is 2.94. The van der Waals surface area contributed by atoms with Crippen molar-refractivity contribution < 1.29 is 4.79 Å². The van der Waals surface area contributed by atoms with E-state index in [-0.39, 0.29) is 17.0 Å². The molecule has 3 heterocycles. The number of rotatable bonds is 4. The van der Waals surface area contributed by atoms with E-state index >= 15 is 0 Å². The number of aromatic nitrogens is 1. The fourth-order valence-corrected chi connectivity index (χ4v) is 4.87. The molecule has 0 radical (unpaired) electrons. The molecule has 2 saturated heterocycles. The molecule has 28 heavy (non-hydrogen) atoms. The number of carbonyl (C=O) groups excluding carboxylic acids is 1. The number of nitriles is 1. The lowest BCUT2D eigenvalue weighted by molar-refractivity contribution is -0.121. The Labute approximate surface area is 174 Å². The number of hydrogen-bond acceptors (Lipinski definition) is 6. The van der Waals surface area contributed by atoms with Gasteiger partial charge in [0, 0.05) is 32.2 Å². The van der Waals surface area contributed by atoms with Crippen LogP contribution in [0, 0.1) is 18.3 Å². The third-order valence-corrected chi connectivity index (χ3v) is 6.46. The fourth-order valence-electron chi connectivity index (χ4n) is 3.62. The summed E-state index contributed by atoms with van der Waals surface area (Å²) >= 11 is 6.56. The number of pyridine rings is 1. The third kappa shape index (κ3) is 3.52. The number of nitrogens with zero attached hydrogens (tertiary/aromatic N) is 4. The molecular formula is C20H22N4O2S2. The highest BCUT2D eigenvalue weighted by molar-refractivity contribution is 8.26. The predicted molar refractivity (Wildman–Crippen MR) is 117 cm³/mol. The topological polar surface area (TPSA) is 69.3 Å². The molecule has 0 atom stereocenters. The minimum Gasteiger partial charge on any atom is -0.357 e. The van der Waals surface area contributed by atoms with Gasteiger partial charge in [-0.25, -0.2) is 0 Å². The summed E-state index contributed by atoms with van der Waals surface area (Å²) in [5.41, 5.74) is 1.13. The van der Waals surface area contributed by atoms with E-state index in [0.29, 0.717) is 21.3 Å². The summed E-state index contributed by atoms with van der Waals surface area (Å²) in [4.78, 5) is 29.7. The fraction of sp³-hybridized carbons (Fsp3) is 0.400. The van der Waals surface area contributed by atoms with Gasteiger partial charge in [-0.1, -0.05) is 30.1 Å². The minimum absolute atomic E-state index is 0.107. The molecule has 1 aromatic heterocycles. The van der Waals surface area contributed by atoms with Gasteiger partial charge < -0.3 is 4.90 Å². The average molecular weight is 415 g/mol. The zero-order chi connectivity index (χ0) is 20.4. The largest absolute Gasteiger partial charge is 0.357 e. The number of anilines is 1. The normalized spacial score (nSPS) is 18.7. The summed E-state index contributed by atoms with van der Waals surface area (Å²) in [7, 11) is 1.69. The number of thioether (sulfide) groups is 1. The highest BCUT2D eigenvalue weighted by Gasteiger charge is 2.32. The quantitative estimate of drug-likeness (QED) is 0.429. The molecule has 6 nitrogen and oxygen atoms in total. The van der Waals surface area contributed by atoms with E-state index < -0.39 is 0 Å². The monoisotopic (exact) mass is 414 g/mol. The van der Waals surface area contributed by atoms with Crippen molar-refractivity contribution in [3.8, 4) is 6.07 Å². The molecule has 2 aliphatic heterocycles. The molecule has 0 unspecified atom stereocenters. The Morgan fingerprint density at radius 1 is 1.29 bits per heavy atom. The van der Waals surface area contributed by atoms with E-state index in [1.165, 1.54) is 21.2 Å². The molecule has 8 heteroatoms. The SMILES string of the molecule is C=CCN1C(=O)/C(=C/c2c(C)c(C#N)c(=O)n(C)c2N2CCCCC2)SC1=S. The Morgan fingerprint density at radius 2 is 1.96 bits per heavy atom. The van der Waals surface area contributed by atoms with Crippen molar-refractivity contribution in [2.45, 2.75) is 26.2 Å². The van der Waals surface area contributed by atoms with Gasteiger partial charge in [0.05, 0.1) is 4.91 Å². The van der Waals surface area contributed by atoms with Gasteiger partial charge >= 0.3 is 0 Å². The van der Waals surface area contributed by atoms with Crippen molar-refractivity contribution in [1.82, 2.24) is 9.47 Å². The molecule has 0 aromatic carbocycles. The van der Waals surface area contributed by atoms with E-state index in [4.69, 9.17) is 12.2 Å². The summed E-state index contributed by atoms with van der Waals surface area (Å²) in [5, 5.41) is 9.51. The van der Waals surface area contributed by atoms with Gasteiger partial charge in [-0.3, -0.25) is 19.1 Å². The maximum atomic E-state index is 12.8. The first-order chi connectivity index (χ1) is 13.4. The molecule has 146 valence electrons. The lowest BCUT2D eigenvalue weighted by Gasteiger charge is -2.32. The van der Waals surface area contributed by atoms with Crippen molar-refractivity contribution in [3.05, 3.63) is 44.6 Å². The molecule has 0 saturated carbocycles. The van der Waals surface area contributed by atoms with Crippen LogP contribution in [0.1, 0.15) is 36.0 Å². The van der Waals surface area contributed by atoms with Gasteiger partial charge in [0.2, 0.25) is 0 Å². The minimum atomic E-state index is -0.308. The zero-order valence-electron chi connectivity index (χ0n) is 16.0. The molecule has 2 fully saturated rings. The first kappa shape index (κ1) is 20.4. The van der Waals surface area contributed by atoms with E-state index in [1.54, 1.807) is 26.1 Å². The molecule has 0 bridgehead atoms. The summed E-state index contributed by atoms with van der Waals surface area (Å²) in [6.07, 6.45) is 6.68. The van der Waals surface area contributed by atoms with Crippen LogP contribution in [0.25, 0.3) is 6.08 Å². The summed E-state index contributed by atoms with van der Waals surface area (Å²) in [6, 6.07) is 2.03.